The van der Waals surface area contributed by atoms with Crippen LogP contribution in [-0.2, 0) is 14.3 Å². The summed E-state index contributed by atoms with van der Waals surface area (Å²) in [7, 11) is 1.51. The lowest BCUT2D eigenvalue weighted by molar-refractivity contribution is -0.384. The van der Waals surface area contributed by atoms with Crippen LogP contribution >= 0.6 is 0 Å². The fourth-order valence-electron chi connectivity index (χ4n) is 3.13. The molecular weight excluding hydrogens is 380 g/mol. The zero-order valence-electron chi connectivity index (χ0n) is 15.7. The predicted molar refractivity (Wildman–Crippen MR) is 103 cm³/mol. The van der Waals surface area contributed by atoms with Gasteiger partial charge in [0.1, 0.15) is 11.3 Å². The van der Waals surface area contributed by atoms with Crippen LogP contribution in [0, 0.1) is 10.1 Å². The first-order chi connectivity index (χ1) is 13.9. The lowest BCUT2D eigenvalue weighted by Gasteiger charge is -2.26. The second-order valence-electron chi connectivity index (χ2n) is 6.11. The summed E-state index contributed by atoms with van der Waals surface area (Å²) in [5.74, 6) is -1.76. The van der Waals surface area contributed by atoms with E-state index in [2.05, 4.69) is 0 Å². The van der Waals surface area contributed by atoms with E-state index in [1.807, 2.05) is 0 Å². The maximum atomic E-state index is 12.8. The average Bonchev–Trinajstić information content (AvgIpc) is 2.99. The summed E-state index contributed by atoms with van der Waals surface area (Å²) in [6, 6.07) is 10.9. The van der Waals surface area contributed by atoms with Gasteiger partial charge in [-0.3, -0.25) is 19.8 Å². The number of nitro groups is 1. The summed E-state index contributed by atoms with van der Waals surface area (Å²) >= 11 is 0. The number of ether oxygens (including phenoxy) is 2. The van der Waals surface area contributed by atoms with Crippen LogP contribution in [0.15, 0.2) is 59.9 Å². The van der Waals surface area contributed by atoms with Crippen molar-refractivity contribution in [1.29, 1.82) is 0 Å². The molecule has 1 heterocycles. The van der Waals surface area contributed by atoms with Gasteiger partial charge in [-0.15, -0.1) is 0 Å². The van der Waals surface area contributed by atoms with E-state index in [-0.39, 0.29) is 23.6 Å². The number of carbonyl (C=O) groups is 2. The molecule has 29 heavy (non-hydrogen) atoms. The van der Waals surface area contributed by atoms with Crippen molar-refractivity contribution in [3.05, 3.63) is 75.5 Å². The molecule has 3 rings (SSSR count). The number of benzene rings is 2. The summed E-state index contributed by atoms with van der Waals surface area (Å²) < 4.78 is 10.2. The van der Waals surface area contributed by atoms with Gasteiger partial charge in [-0.05, 0) is 36.8 Å². The Morgan fingerprint density at radius 3 is 2.31 bits per heavy atom. The Morgan fingerprint density at radius 2 is 1.79 bits per heavy atom. The molecule has 0 aliphatic carbocycles. The molecule has 0 radical (unpaired) electrons. The van der Waals surface area contributed by atoms with Crippen LogP contribution < -0.4 is 9.64 Å². The van der Waals surface area contributed by atoms with E-state index in [0.717, 1.165) is 0 Å². The maximum absolute atomic E-state index is 12.8. The molecule has 0 bridgehead atoms. The third-order valence-corrected chi connectivity index (χ3v) is 4.47. The SMILES string of the molecule is CCOC(=O)C1=C(O)C(=O)N(c2ccc([N+](=O)[O-])cc2)C1c1ccc(OC)cc1. The summed E-state index contributed by atoms with van der Waals surface area (Å²) in [6.45, 7) is 1.68. The van der Waals surface area contributed by atoms with Crippen LogP contribution in [-0.4, -0.2) is 35.6 Å². The number of hydrogen-bond acceptors (Lipinski definition) is 7. The number of non-ortho nitro benzene ring substituents is 1. The molecule has 1 N–H and O–H groups in total. The first-order valence-electron chi connectivity index (χ1n) is 8.71. The molecule has 1 unspecified atom stereocenters. The molecule has 1 aliphatic rings. The van der Waals surface area contributed by atoms with Crippen LogP contribution in [0.1, 0.15) is 18.5 Å². The fraction of sp³-hybridized carbons (Fsp3) is 0.200. The first kappa shape index (κ1) is 19.9. The van der Waals surface area contributed by atoms with Gasteiger partial charge in [0.25, 0.3) is 11.6 Å². The largest absolute Gasteiger partial charge is 0.503 e. The highest BCUT2D eigenvalue weighted by molar-refractivity contribution is 6.15. The summed E-state index contributed by atoms with van der Waals surface area (Å²) in [5.41, 5.74) is 0.474. The van der Waals surface area contributed by atoms with Gasteiger partial charge in [0.05, 0.1) is 24.7 Å². The predicted octanol–water partition coefficient (Wildman–Crippen LogP) is 3.07. The third kappa shape index (κ3) is 3.62. The summed E-state index contributed by atoms with van der Waals surface area (Å²) in [6.07, 6.45) is 0. The molecule has 9 heteroatoms. The highest BCUT2D eigenvalue weighted by atomic mass is 16.6. The fourth-order valence-corrected chi connectivity index (χ4v) is 3.13. The molecule has 9 nitrogen and oxygen atoms in total. The van der Waals surface area contributed by atoms with Crippen LogP contribution in [0.4, 0.5) is 11.4 Å². The number of hydrogen-bond donors (Lipinski definition) is 1. The molecule has 1 aliphatic heterocycles. The van der Waals surface area contributed by atoms with E-state index in [4.69, 9.17) is 9.47 Å². The quantitative estimate of drug-likeness (QED) is 0.451. The Balaban J connectivity index is 2.11. The number of methoxy groups -OCH3 is 1. The summed E-state index contributed by atoms with van der Waals surface area (Å²) in [5, 5.41) is 21.3. The molecule has 1 amide bonds. The molecule has 0 fully saturated rings. The van der Waals surface area contributed by atoms with Crippen LogP contribution in [0.2, 0.25) is 0 Å². The first-order valence-corrected chi connectivity index (χ1v) is 8.71. The lowest BCUT2D eigenvalue weighted by atomic mass is 9.98. The third-order valence-electron chi connectivity index (χ3n) is 4.47. The molecule has 1 atom stereocenters. The number of nitro benzene ring substituents is 1. The van der Waals surface area contributed by atoms with Gasteiger partial charge in [0.15, 0.2) is 5.76 Å². The molecule has 2 aromatic carbocycles. The Morgan fingerprint density at radius 1 is 1.17 bits per heavy atom. The van der Waals surface area contributed by atoms with Gasteiger partial charge in [0.2, 0.25) is 0 Å². The second kappa shape index (κ2) is 8.01. The minimum absolute atomic E-state index is 0.0661. The Bertz CT molecular complexity index is 981. The number of esters is 1. The molecular formula is C20H18N2O7. The minimum Gasteiger partial charge on any atom is -0.503 e. The molecule has 0 saturated carbocycles. The molecule has 0 spiro atoms. The van der Waals surface area contributed by atoms with E-state index >= 15 is 0 Å². The van der Waals surface area contributed by atoms with Gasteiger partial charge in [-0.25, -0.2) is 4.79 Å². The van der Waals surface area contributed by atoms with Gasteiger partial charge < -0.3 is 14.6 Å². The zero-order valence-corrected chi connectivity index (χ0v) is 15.7. The Hall–Kier alpha value is -3.88. The van der Waals surface area contributed by atoms with Gasteiger partial charge >= 0.3 is 5.97 Å². The minimum atomic E-state index is -0.964. The lowest BCUT2D eigenvalue weighted by Crippen LogP contribution is -2.31. The van der Waals surface area contributed by atoms with Gasteiger partial charge in [0, 0.05) is 17.8 Å². The van der Waals surface area contributed by atoms with Crippen molar-refractivity contribution in [1.82, 2.24) is 0 Å². The molecule has 0 saturated heterocycles. The molecule has 0 aromatic heterocycles. The van der Waals surface area contributed by atoms with Crippen molar-refractivity contribution in [2.24, 2.45) is 0 Å². The average molecular weight is 398 g/mol. The van der Waals surface area contributed by atoms with Gasteiger partial charge in [-0.2, -0.15) is 0 Å². The second-order valence-corrected chi connectivity index (χ2v) is 6.11. The topological polar surface area (TPSA) is 119 Å². The van der Waals surface area contributed by atoms with Crippen LogP contribution in [0.5, 0.6) is 5.75 Å². The number of aliphatic hydroxyl groups excluding tert-OH is 1. The van der Waals surface area contributed by atoms with E-state index in [0.29, 0.717) is 11.3 Å². The summed E-state index contributed by atoms with van der Waals surface area (Å²) in [4.78, 5) is 36.9. The van der Waals surface area contributed by atoms with Crippen LogP contribution in [0.3, 0.4) is 0 Å². The van der Waals surface area contributed by atoms with E-state index < -0.39 is 28.6 Å². The smallest absolute Gasteiger partial charge is 0.340 e. The number of nitrogens with zero attached hydrogens (tertiary/aromatic N) is 2. The van der Waals surface area contributed by atoms with Crippen molar-refractivity contribution in [3.63, 3.8) is 0 Å². The van der Waals surface area contributed by atoms with Crippen molar-refractivity contribution >= 4 is 23.3 Å². The number of anilines is 1. The van der Waals surface area contributed by atoms with Crippen LogP contribution in [0.25, 0.3) is 0 Å². The van der Waals surface area contributed by atoms with E-state index in [9.17, 15) is 24.8 Å². The molecule has 150 valence electrons. The van der Waals surface area contributed by atoms with E-state index in [1.165, 1.54) is 36.3 Å². The molecule has 2 aromatic rings. The number of carbonyl (C=O) groups excluding carboxylic acids is 2. The number of aliphatic hydroxyl groups is 1. The Kier molecular flexibility index (Phi) is 5.49. The van der Waals surface area contributed by atoms with Crippen molar-refractivity contribution in [2.45, 2.75) is 13.0 Å². The monoisotopic (exact) mass is 398 g/mol. The van der Waals surface area contributed by atoms with Crippen molar-refractivity contribution in [2.75, 3.05) is 18.6 Å². The van der Waals surface area contributed by atoms with Gasteiger partial charge in [-0.1, -0.05) is 12.1 Å². The van der Waals surface area contributed by atoms with Crippen molar-refractivity contribution in [3.8, 4) is 5.75 Å². The number of rotatable bonds is 6. The maximum Gasteiger partial charge on any atom is 0.340 e. The highest BCUT2D eigenvalue weighted by Gasteiger charge is 2.45. The van der Waals surface area contributed by atoms with Crippen molar-refractivity contribution < 1.29 is 29.1 Å². The highest BCUT2D eigenvalue weighted by Crippen LogP contribution is 2.41. The zero-order chi connectivity index (χ0) is 21.1. The normalized spacial score (nSPS) is 16.1. The van der Waals surface area contributed by atoms with E-state index in [1.54, 1.807) is 31.2 Å². The Labute approximate surface area is 165 Å². The standard InChI is InChI=1S/C20H18N2O7/c1-3-29-20(25)16-17(12-4-10-15(28-2)11-5-12)21(19(24)18(16)23)13-6-8-14(9-7-13)22(26)27/h4-11,17,23H,3H2,1-2H3. The number of amides is 1.